The second-order valence-electron chi connectivity index (χ2n) is 2.83. The Morgan fingerprint density at radius 2 is 2.00 bits per heavy atom. The van der Waals surface area contributed by atoms with Gasteiger partial charge >= 0.3 is 0 Å². The van der Waals surface area contributed by atoms with Gasteiger partial charge in [0, 0.05) is 0 Å². The molecule has 2 heteroatoms. The second kappa shape index (κ2) is 4.84. The molecule has 0 aliphatic carbocycles. The van der Waals surface area contributed by atoms with E-state index >= 15 is 0 Å². The smallest absolute Gasteiger partial charge is 0.0991 e. The first kappa shape index (κ1) is 10.0. The van der Waals surface area contributed by atoms with Crippen LogP contribution in [0.4, 0.5) is 0 Å². The third kappa shape index (κ3) is 3.43. The summed E-state index contributed by atoms with van der Waals surface area (Å²) in [5.41, 5.74) is 1.95. The Balaban J connectivity index is 2.60. The van der Waals surface area contributed by atoms with Crippen LogP contribution in [0.3, 0.4) is 0 Å². The van der Waals surface area contributed by atoms with Crippen LogP contribution in [0.5, 0.6) is 0 Å². The van der Waals surface area contributed by atoms with Crippen molar-refractivity contribution in [1.82, 2.24) is 0 Å². The molecule has 0 aromatic heterocycles. The standard InChI is InChI=1S/C11H10BrN/c1-9(12)2-3-10-4-6-11(8-13)7-5-10/h4-7H,1-3H2. The quantitative estimate of drug-likeness (QED) is 0.788. The highest BCUT2D eigenvalue weighted by molar-refractivity contribution is 9.11. The Morgan fingerprint density at radius 3 is 2.46 bits per heavy atom. The molecule has 0 aliphatic heterocycles. The lowest BCUT2D eigenvalue weighted by molar-refractivity contribution is 0.995. The number of rotatable bonds is 3. The lowest BCUT2D eigenvalue weighted by Gasteiger charge is -1.99. The largest absolute Gasteiger partial charge is 0.192 e. The number of hydrogen-bond donors (Lipinski definition) is 0. The van der Waals surface area contributed by atoms with E-state index in [0.717, 1.165) is 17.3 Å². The maximum Gasteiger partial charge on any atom is 0.0991 e. The molecule has 0 aliphatic rings. The van der Waals surface area contributed by atoms with Gasteiger partial charge in [-0.2, -0.15) is 5.26 Å². The SMILES string of the molecule is C=C(Br)CCc1ccc(C#N)cc1. The van der Waals surface area contributed by atoms with Gasteiger partial charge in [0.05, 0.1) is 11.6 Å². The van der Waals surface area contributed by atoms with E-state index in [1.54, 1.807) is 0 Å². The van der Waals surface area contributed by atoms with Crippen LogP contribution in [0.25, 0.3) is 0 Å². The Morgan fingerprint density at radius 1 is 1.38 bits per heavy atom. The summed E-state index contributed by atoms with van der Waals surface area (Å²) in [6.07, 6.45) is 1.90. The summed E-state index contributed by atoms with van der Waals surface area (Å²) < 4.78 is 1.01. The van der Waals surface area contributed by atoms with Crippen LogP contribution in [0.2, 0.25) is 0 Å². The van der Waals surface area contributed by atoms with Gasteiger partial charge in [-0.3, -0.25) is 0 Å². The summed E-state index contributed by atoms with van der Waals surface area (Å²) in [7, 11) is 0. The first-order valence-corrected chi connectivity index (χ1v) is 4.84. The number of hydrogen-bond acceptors (Lipinski definition) is 1. The molecular formula is C11H10BrN. The van der Waals surface area contributed by atoms with Gasteiger partial charge in [-0.05, 0) is 35.0 Å². The van der Waals surface area contributed by atoms with Gasteiger partial charge in [-0.25, -0.2) is 0 Å². The molecule has 0 saturated heterocycles. The zero-order valence-electron chi connectivity index (χ0n) is 7.26. The van der Waals surface area contributed by atoms with Crippen LogP contribution < -0.4 is 0 Å². The fraction of sp³-hybridized carbons (Fsp3) is 0.182. The van der Waals surface area contributed by atoms with Gasteiger partial charge in [0.15, 0.2) is 0 Å². The predicted octanol–water partition coefficient (Wildman–Crippen LogP) is 3.40. The van der Waals surface area contributed by atoms with Crippen LogP contribution in [0, 0.1) is 11.3 Å². The topological polar surface area (TPSA) is 23.8 Å². The first-order chi connectivity index (χ1) is 6.22. The van der Waals surface area contributed by atoms with Gasteiger partial charge < -0.3 is 0 Å². The summed E-state index contributed by atoms with van der Waals surface area (Å²) in [4.78, 5) is 0. The number of nitriles is 1. The average molecular weight is 236 g/mol. The monoisotopic (exact) mass is 235 g/mol. The number of nitrogens with zero attached hydrogens (tertiary/aromatic N) is 1. The number of benzene rings is 1. The minimum absolute atomic E-state index is 0.710. The van der Waals surface area contributed by atoms with Crippen LogP contribution in [0.1, 0.15) is 17.5 Å². The van der Waals surface area contributed by atoms with E-state index in [9.17, 15) is 0 Å². The predicted molar refractivity (Wildman–Crippen MR) is 57.5 cm³/mol. The van der Waals surface area contributed by atoms with Crippen LogP contribution in [0.15, 0.2) is 35.3 Å². The molecule has 0 unspecified atom stereocenters. The fourth-order valence-electron chi connectivity index (χ4n) is 1.03. The lowest BCUT2D eigenvalue weighted by Crippen LogP contribution is -1.84. The lowest BCUT2D eigenvalue weighted by atomic mass is 10.1. The maximum atomic E-state index is 8.57. The normalized spacial score (nSPS) is 9.23. The zero-order chi connectivity index (χ0) is 9.68. The Bertz CT molecular complexity index is 332. The van der Waals surface area contributed by atoms with Crippen molar-refractivity contribution in [3.63, 3.8) is 0 Å². The van der Waals surface area contributed by atoms with Crippen molar-refractivity contribution in [2.24, 2.45) is 0 Å². The zero-order valence-corrected chi connectivity index (χ0v) is 8.84. The molecule has 1 aromatic carbocycles. The van der Waals surface area contributed by atoms with E-state index in [-0.39, 0.29) is 0 Å². The van der Waals surface area contributed by atoms with E-state index in [1.165, 1.54) is 5.56 Å². The molecule has 0 amide bonds. The highest BCUT2D eigenvalue weighted by Gasteiger charge is 1.94. The van der Waals surface area contributed by atoms with Crippen LogP contribution >= 0.6 is 15.9 Å². The second-order valence-corrected chi connectivity index (χ2v) is 3.95. The third-order valence-corrected chi connectivity index (χ3v) is 2.16. The van der Waals surface area contributed by atoms with E-state index in [4.69, 9.17) is 5.26 Å². The van der Waals surface area contributed by atoms with Gasteiger partial charge in [0.2, 0.25) is 0 Å². The first-order valence-electron chi connectivity index (χ1n) is 4.04. The molecule has 0 radical (unpaired) electrons. The fourth-order valence-corrected chi connectivity index (χ4v) is 1.22. The third-order valence-electron chi connectivity index (χ3n) is 1.77. The van der Waals surface area contributed by atoms with E-state index in [0.29, 0.717) is 5.56 Å². The molecule has 0 atom stereocenters. The van der Waals surface area contributed by atoms with Gasteiger partial charge in [0.1, 0.15) is 0 Å². The molecular weight excluding hydrogens is 226 g/mol. The molecule has 66 valence electrons. The van der Waals surface area contributed by atoms with Crippen molar-refractivity contribution in [3.8, 4) is 6.07 Å². The van der Waals surface area contributed by atoms with Crippen LogP contribution in [-0.4, -0.2) is 0 Å². The van der Waals surface area contributed by atoms with Gasteiger partial charge in [-0.15, -0.1) is 0 Å². The van der Waals surface area contributed by atoms with Crippen molar-refractivity contribution in [1.29, 1.82) is 5.26 Å². The van der Waals surface area contributed by atoms with Gasteiger partial charge in [0.25, 0.3) is 0 Å². The highest BCUT2D eigenvalue weighted by Crippen LogP contribution is 2.12. The molecule has 13 heavy (non-hydrogen) atoms. The summed E-state index contributed by atoms with van der Waals surface area (Å²) in [6, 6.07) is 9.73. The molecule has 1 aromatic rings. The van der Waals surface area contributed by atoms with Crippen molar-refractivity contribution < 1.29 is 0 Å². The molecule has 0 spiro atoms. The molecule has 0 saturated carbocycles. The Kier molecular flexibility index (Phi) is 3.72. The maximum absolute atomic E-state index is 8.57. The minimum Gasteiger partial charge on any atom is -0.192 e. The van der Waals surface area contributed by atoms with Crippen molar-refractivity contribution in [2.45, 2.75) is 12.8 Å². The van der Waals surface area contributed by atoms with Crippen LogP contribution in [-0.2, 0) is 6.42 Å². The number of allylic oxidation sites excluding steroid dienone is 1. The van der Waals surface area contributed by atoms with Crippen molar-refractivity contribution >= 4 is 15.9 Å². The van der Waals surface area contributed by atoms with Crippen molar-refractivity contribution in [3.05, 3.63) is 46.5 Å². The molecule has 0 fully saturated rings. The summed E-state index contributed by atoms with van der Waals surface area (Å²) in [5, 5.41) is 8.57. The Hall–Kier alpha value is -1.07. The average Bonchev–Trinajstić information content (AvgIpc) is 2.15. The molecule has 0 bridgehead atoms. The number of halogens is 1. The van der Waals surface area contributed by atoms with E-state index in [1.807, 2.05) is 24.3 Å². The summed E-state index contributed by atoms with van der Waals surface area (Å²) in [5.74, 6) is 0. The molecule has 1 nitrogen and oxygen atoms in total. The highest BCUT2D eigenvalue weighted by atomic mass is 79.9. The summed E-state index contributed by atoms with van der Waals surface area (Å²) in [6.45, 7) is 3.77. The summed E-state index contributed by atoms with van der Waals surface area (Å²) >= 11 is 3.31. The van der Waals surface area contributed by atoms with Gasteiger partial charge in [-0.1, -0.05) is 34.6 Å². The van der Waals surface area contributed by atoms with E-state index < -0.39 is 0 Å². The molecule has 0 heterocycles. The molecule has 1 rings (SSSR count). The number of aryl methyl sites for hydroxylation is 1. The van der Waals surface area contributed by atoms with Crippen molar-refractivity contribution in [2.75, 3.05) is 0 Å². The molecule has 0 N–H and O–H groups in total. The van der Waals surface area contributed by atoms with E-state index in [2.05, 4.69) is 28.6 Å². The minimum atomic E-state index is 0.710. The Labute approximate surface area is 86.8 Å².